The molecule has 4 heteroatoms. The second kappa shape index (κ2) is 8.76. The van der Waals surface area contributed by atoms with Crippen molar-refractivity contribution in [1.82, 2.24) is 5.32 Å². The van der Waals surface area contributed by atoms with Gasteiger partial charge >= 0.3 is 0 Å². The lowest BCUT2D eigenvalue weighted by atomic mass is 10.1. The molecule has 0 spiro atoms. The van der Waals surface area contributed by atoms with Gasteiger partial charge in [-0.05, 0) is 36.3 Å². The van der Waals surface area contributed by atoms with Crippen LogP contribution < -0.4 is 5.32 Å². The molecule has 1 amide bonds. The summed E-state index contributed by atoms with van der Waals surface area (Å²) in [6.07, 6.45) is 3.85. The molecule has 112 valence electrons. The number of benzene rings is 1. The molecule has 0 radical (unpaired) electrons. The first-order chi connectivity index (χ1) is 10.3. The van der Waals surface area contributed by atoms with E-state index >= 15 is 0 Å². The lowest BCUT2D eigenvalue weighted by Crippen LogP contribution is -2.33. The third-order valence-electron chi connectivity index (χ3n) is 3.34. The summed E-state index contributed by atoms with van der Waals surface area (Å²) in [5.41, 5.74) is 1.97. The van der Waals surface area contributed by atoms with Crippen LogP contribution in [0.2, 0.25) is 0 Å². The highest BCUT2D eigenvalue weighted by Gasteiger charge is 2.21. The number of amides is 1. The molecular weight excluding hydrogens is 282 g/mol. The highest BCUT2D eigenvalue weighted by atomic mass is 32.2. The van der Waals surface area contributed by atoms with Crippen molar-refractivity contribution in [3.8, 4) is 11.8 Å². The van der Waals surface area contributed by atoms with Crippen molar-refractivity contribution < 1.29 is 9.90 Å². The van der Waals surface area contributed by atoms with E-state index in [0.29, 0.717) is 13.0 Å². The van der Waals surface area contributed by atoms with Crippen LogP contribution in [0.1, 0.15) is 36.8 Å². The molecule has 2 N–H and O–H groups in total. The van der Waals surface area contributed by atoms with Crippen LogP contribution in [0.15, 0.2) is 24.3 Å². The van der Waals surface area contributed by atoms with Crippen molar-refractivity contribution in [2.45, 2.75) is 37.5 Å². The maximum absolute atomic E-state index is 12.1. The van der Waals surface area contributed by atoms with Crippen molar-refractivity contribution in [2.24, 2.45) is 0 Å². The van der Waals surface area contributed by atoms with E-state index in [1.54, 1.807) is 11.8 Å². The van der Waals surface area contributed by atoms with Crippen LogP contribution in [0.4, 0.5) is 0 Å². The molecule has 1 aliphatic heterocycles. The fraction of sp³-hybridized carbons (Fsp3) is 0.471. The SMILES string of the molecule is O=C(NCc1cccc(C#CCCO)c1)C1CCCCS1. The largest absolute Gasteiger partial charge is 0.395 e. The van der Waals surface area contributed by atoms with Gasteiger partial charge in [-0.2, -0.15) is 0 Å². The number of thioether (sulfide) groups is 1. The number of aliphatic hydroxyl groups is 1. The molecule has 1 unspecified atom stereocenters. The summed E-state index contributed by atoms with van der Waals surface area (Å²) in [4.78, 5) is 12.1. The van der Waals surface area contributed by atoms with E-state index in [1.807, 2.05) is 24.3 Å². The average Bonchev–Trinajstić information content (AvgIpc) is 2.54. The van der Waals surface area contributed by atoms with Gasteiger partial charge in [0.15, 0.2) is 0 Å². The van der Waals surface area contributed by atoms with E-state index in [9.17, 15) is 4.79 Å². The minimum absolute atomic E-state index is 0.0851. The fourth-order valence-corrected chi connectivity index (χ4v) is 3.45. The number of aliphatic hydroxyl groups excluding tert-OH is 1. The Morgan fingerprint density at radius 2 is 2.33 bits per heavy atom. The summed E-state index contributed by atoms with van der Waals surface area (Å²) < 4.78 is 0. The Labute approximate surface area is 130 Å². The van der Waals surface area contributed by atoms with Crippen LogP contribution in [0.3, 0.4) is 0 Å². The summed E-state index contributed by atoms with van der Waals surface area (Å²) >= 11 is 1.77. The third kappa shape index (κ3) is 5.45. The zero-order valence-corrected chi connectivity index (χ0v) is 12.9. The minimum atomic E-state index is 0.0851. The van der Waals surface area contributed by atoms with E-state index in [4.69, 9.17) is 5.11 Å². The number of hydrogen-bond donors (Lipinski definition) is 2. The number of rotatable bonds is 4. The van der Waals surface area contributed by atoms with Crippen LogP contribution in [0.25, 0.3) is 0 Å². The van der Waals surface area contributed by atoms with Crippen molar-refractivity contribution >= 4 is 17.7 Å². The Morgan fingerprint density at radius 1 is 1.43 bits per heavy atom. The van der Waals surface area contributed by atoms with Gasteiger partial charge in [-0.3, -0.25) is 4.79 Å². The lowest BCUT2D eigenvalue weighted by molar-refractivity contribution is -0.120. The van der Waals surface area contributed by atoms with Crippen molar-refractivity contribution in [3.63, 3.8) is 0 Å². The van der Waals surface area contributed by atoms with Gasteiger partial charge in [0.05, 0.1) is 11.9 Å². The predicted molar refractivity (Wildman–Crippen MR) is 87.0 cm³/mol. The number of carbonyl (C=O) groups excluding carboxylic acids is 1. The zero-order chi connectivity index (χ0) is 14.9. The molecule has 3 nitrogen and oxygen atoms in total. The summed E-state index contributed by atoms with van der Waals surface area (Å²) in [5, 5.41) is 11.8. The molecular formula is C17H21NO2S. The Balaban J connectivity index is 1.86. The maximum Gasteiger partial charge on any atom is 0.233 e. The van der Waals surface area contributed by atoms with Crippen LogP contribution in [0, 0.1) is 11.8 Å². The van der Waals surface area contributed by atoms with Gasteiger partial charge in [0, 0.05) is 18.5 Å². The number of hydrogen-bond acceptors (Lipinski definition) is 3. The zero-order valence-electron chi connectivity index (χ0n) is 12.1. The molecule has 0 saturated carbocycles. The maximum atomic E-state index is 12.1. The predicted octanol–water partition coefficient (Wildman–Crippen LogP) is 2.32. The fourth-order valence-electron chi connectivity index (χ4n) is 2.23. The van der Waals surface area contributed by atoms with Crippen LogP contribution in [-0.4, -0.2) is 28.6 Å². The number of carbonyl (C=O) groups is 1. The molecule has 0 aliphatic carbocycles. The second-order valence-corrected chi connectivity index (χ2v) is 6.36. The summed E-state index contributed by atoms with van der Waals surface area (Å²) in [6.45, 7) is 0.632. The Morgan fingerprint density at radius 3 is 3.10 bits per heavy atom. The van der Waals surface area contributed by atoms with E-state index in [1.165, 1.54) is 6.42 Å². The van der Waals surface area contributed by atoms with Crippen LogP contribution in [0.5, 0.6) is 0 Å². The van der Waals surface area contributed by atoms with Gasteiger partial charge in [0.1, 0.15) is 0 Å². The van der Waals surface area contributed by atoms with E-state index in [2.05, 4.69) is 17.2 Å². The Bertz CT molecular complexity index is 527. The molecule has 1 fully saturated rings. The van der Waals surface area contributed by atoms with Crippen molar-refractivity contribution in [1.29, 1.82) is 0 Å². The summed E-state index contributed by atoms with van der Waals surface area (Å²) in [5.74, 6) is 7.16. The number of nitrogens with one attached hydrogen (secondary N) is 1. The average molecular weight is 303 g/mol. The topological polar surface area (TPSA) is 49.3 Å². The molecule has 2 rings (SSSR count). The standard InChI is InChI=1S/C17H21NO2S/c19-10-3-1-6-14-7-5-8-15(12-14)13-18-17(20)16-9-2-4-11-21-16/h5,7-8,12,16,19H,2-4,9-11,13H2,(H,18,20). The van der Waals surface area contributed by atoms with E-state index in [-0.39, 0.29) is 17.8 Å². The summed E-state index contributed by atoms with van der Waals surface area (Å²) in [7, 11) is 0. The molecule has 1 saturated heterocycles. The first-order valence-electron chi connectivity index (χ1n) is 7.37. The molecule has 0 bridgehead atoms. The Hall–Kier alpha value is -1.44. The van der Waals surface area contributed by atoms with Gasteiger partial charge in [-0.25, -0.2) is 0 Å². The summed E-state index contributed by atoms with van der Waals surface area (Å²) in [6, 6.07) is 7.86. The van der Waals surface area contributed by atoms with Crippen LogP contribution >= 0.6 is 11.8 Å². The lowest BCUT2D eigenvalue weighted by Gasteiger charge is -2.20. The highest BCUT2D eigenvalue weighted by Crippen LogP contribution is 2.25. The molecule has 0 aromatic heterocycles. The Kier molecular flexibility index (Phi) is 6.65. The van der Waals surface area contributed by atoms with Crippen molar-refractivity contribution in [3.05, 3.63) is 35.4 Å². The quantitative estimate of drug-likeness (QED) is 0.839. The molecule has 1 aliphatic rings. The second-order valence-electron chi connectivity index (χ2n) is 5.05. The third-order valence-corrected chi connectivity index (χ3v) is 4.71. The minimum Gasteiger partial charge on any atom is -0.395 e. The molecule has 21 heavy (non-hydrogen) atoms. The van der Waals surface area contributed by atoms with Gasteiger partial charge < -0.3 is 10.4 Å². The van der Waals surface area contributed by atoms with E-state index < -0.39 is 0 Å². The van der Waals surface area contributed by atoms with Crippen LogP contribution in [-0.2, 0) is 11.3 Å². The first-order valence-corrected chi connectivity index (χ1v) is 8.42. The van der Waals surface area contributed by atoms with Gasteiger partial charge in [0.25, 0.3) is 0 Å². The molecule has 1 aromatic rings. The smallest absolute Gasteiger partial charge is 0.233 e. The first kappa shape index (κ1) is 15.9. The highest BCUT2D eigenvalue weighted by molar-refractivity contribution is 8.00. The monoisotopic (exact) mass is 303 g/mol. The molecule has 1 heterocycles. The van der Waals surface area contributed by atoms with Gasteiger partial charge in [-0.15, -0.1) is 11.8 Å². The van der Waals surface area contributed by atoms with Gasteiger partial charge in [0.2, 0.25) is 5.91 Å². The van der Waals surface area contributed by atoms with Crippen molar-refractivity contribution in [2.75, 3.05) is 12.4 Å². The van der Waals surface area contributed by atoms with E-state index in [0.717, 1.165) is 29.7 Å². The van der Waals surface area contributed by atoms with Gasteiger partial charge in [-0.1, -0.05) is 30.4 Å². The molecule has 1 aromatic carbocycles. The normalized spacial score (nSPS) is 17.7. The molecule has 1 atom stereocenters.